The molecule has 0 radical (unpaired) electrons. The largest absolute Gasteiger partial charge is 0.497 e. The Kier molecular flexibility index (Phi) is 5.98. The van der Waals surface area contributed by atoms with Crippen molar-refractivity contribution in [1.29, 1.82) is 0 Å². The van der Waals surface area contributed by atoms with Crippen molar-refractivity contribution in [2.45, 2.75) is 63.1 Å². The number of methoxy groups -OCH3 is 1. The molecule has 3 aliphatic rings. The highest BCUT2D eigenvalue weighted by molar-refractivity contribution is 5.79. The Bertz CT molecular complexity index is 648. The zero-order chi connectivity index (χ0) is 18.6. The lowest BCUT2D eigenvalue weighted by Gasteiger charge is -2.44. The highest BCUT2D eigenvalue weighted by Gasteiger charge is 2.38. The third kappa shape index (κ3) is 4.30. The number of hydrogen-bond donors (Lipinski definition) is 0. The van der Waals surface area contributed by atoms with Crippen molar-refractivity contribution in [3.05, 3.63) is 29.8 Å². The molecule has 4 rings (SSSR count). The minimum Gasteiger partial charge on any atom is -0.497 e. The fourth-order valence-electron chi connectivity index (χ4n) is 5.08. The van der Waals surface area contributed by atoms with Crippen LogP contribution < -0.4 is 4.74 Å². The van der Waals surface area contributed by atoms with E-state index < -0.39 is 0 Å². The Labute approximate surface area is 162 Å². The van der Waals surface area contributed by atoms with Gasteiger partial charge in [-0.2, -0.15) is 0 Å². The van der Waals surface area contributed by atoms with E-state index in [9.17, 15) is 4.79 Å². The summed E-state index contributed by atoms with van der Waals surface area (Å²) < 4.78 is 11.3. The predicted octanol–water partition coefficient (Wildman–Crippen LogP) is 2.87. The summed E-state index contributed by atoms with van der Waals surface area (Å²) in [7, 11) is 1.71. The number of carbonyl (C=O) groups is 1. The fourth-order valence-corrected chi connectivity index (χ4v) is 5.08. The molecule has 3 atom stereocenters. The molecule has 0 N–H and O–H groups in total. The van der Waals surface area contributed by atoms with Gasteiger partial charge in [0.2, 0.25) is 5.91 Å². The summed E-state index contributed by atoms with van der Waals surface area (Å²) in [6, 6.07) is 9.07. The number of hydrogen-bond acceptors (Lipinski definition) is 4. The van der Waals surface area contributed by atoms with Crippen molar-refractivity contribution in [1.82, 2.24) is 9.80 Å². The van der Waals surface area contributed by atoms with Gasteiger partial charge in [0.25, 0.3) is 0 Å². The third-order valence-corrected chi connectivity index (χ3v) is 6.50. The Morgan fingerprint density at radius 1 is 1.19 bits per heavy atom. The van der Waals surface area contributed by atoms with Gasteiger partial charge >= 0.3 is 0 Å². The summed E-state index contributed by atoms with van der Waals surface area (Å²) in [5.74, 6) is 1.21. The van der Waals surface area contributed by atoms with E-state index in [2.05, 4.69) is 28.0 Å². The van der Waals surface area contributed by atoms with Gasteiger partial charge in [-0.15, -0.1) is 0 Å². The number of benzene rings is 1. The van der Waals surface area contributed by atoms with E-state index in [1.807, 2.05) is 6.07 Å². The van der Waals surface area contributed by atoms with Crippen LogP contribution in [-0.4, -0.2) is 67.2 Å². The van der Waals surface area contributed by atoms with Crippen molar-refractivity contribution in [3.8, 4) is 5.75 Å². The van der Waals surface area contributed by atoms with Gasteiger partial charge in [0, 0.05) is 12.6 Å². The van der Waals surface area contributed by atoms with Gasteiger partial charge in [0.1, 0.15) is 5.75 Å². The van der Waals surface area contributed by atoms with Gasteiger partial charge < -0.3 is 14.4 Å². The molecule has 0 aromatic heterocycles. The lowest BCUT2D eigenvalue weighted by molar-refractivity contribution is -0.150. The molecule has 1 aromatic rings. The molecule has 2 saturated heterocycles. The number of nitrogens with zero attached hydrogens (tertiary/aromatic N) is 2. The van der Waals surface area contributed by atoms with Gasteiger partial charge in [0.05, 0.1) is 32.4 Å². The number of fused-ring (bicyclic) bond motifs is 1. The molecule has 1 saturated carbocycles. The minimum absolute atomic E-state index is 0.266. The molecule has 0 spiro atoms. The number of ether oxygens (including phenoxy) is 2. The van der Waals surface area contributed by atoms with Crippen LogP contribution >= 0.6 is 0 Å². The Morgan fingerprint density at radius 2 is 2.07 bits per heavy atom. The second-order valence-corrected chi connectivity index (χ2v) is 8.17. The summed E-state index contributed by atoms with van der Waals surface area (Å²) >= 11 is 0. The zero-order valence-electron chi connectivity index (χ0n) is 16.4. The monoisotopic (exact) mass is 372 g/mol. The van der Waals surface area contributed by atoms with E-state index in [0.29, 0.717) is 31.1 Å². The highest BCUT2D eigenvalue weighted by atomic mass is 16.5. The van der Waals surface area contributed by atoms with E-state index in [1.54, 1.807) is 7.11 Å². The molecule has 2 heterocycles. The minimum atomic E-state index is 0.266. The first kappa shape index (κ1) is 18.8. The van der Waals surface area contributed by atoms with Crippen LogP contribution in [0.4, 0.5) is 0 Å². The SMILES string of the molecule is COc1cccc(CC2CCCN2CC(=O)N2CCOC3CCCCC32)c1. The highest BCUT2D eigenvalue weighted by Crippen LogP contribution is 2.29. The van der Waals surface area contributed by atoms with Crippen molar-refractivity contribution >= 4 is 5.91 Å². The van der Waals surface area contributed by atoms with E-state index in [4.69, 9.17) is 9.47 Å². The smallest absolute Gasteiger partial charge is 0.237 e. The molecule has 3 fully saturated rings. The van der Waals surface area contributed by atoms with Crippen molar-refractivity contribution < 1.29 is 14.3 Å². The lowest BCUT2D eigenvalue weighted by Crippen LogP contribution is -2.57. The summed E-state index contributed by atoms with van der Waals surface area (Å²) in [5, 5.41) is 0. The van der Waals surface area contributed by atoms with E-state index in [1.165, 1.54) is 31.2 Å². The third-order valence-electron chi connectivity index (χ3n) is 6.50. The van der Waals surface area contributed by atoms with Crippen molar-refractivity contribution in [3.63, 3.8) is 0 Å². The van der Waals surface area contributed by atoms with Crippen LogP contribution in [0.3, 0.4) is 0 Å². The maximum atomic E-state index is 13.1. The number of morpholine rings is 1. The number of carbonyl (C=O) groups excluding carboxylic acids is 1. The summed E-state index contributed by atoms with van der Waals surface area (Å²) in [4.78, 5) is 17.6. The van der Waals surface area contributed by atoms with Crippen molar-refractivity contribution in [2.24, 2.45) is 0 Å². The van der Waals surface area contributed by atoms with Gasteiger partial charge in [-0.05, 0) is 56.3 Å². The van der Waals surface area contributed by atoms with E-state index in [0.717, 1.165) is 38.1 Å². The van der Waals surface area contributed by atoms with Gasteiger partial charge in [-0.1, -0.05) is 25.0 Å². The van der Waals surface area contributed by atoms with E-state index in [-0.39, 0.29) is 6.10 Å². The van der Waals surface area contributed by atoms with Crippen LogP contribution in [-0.2, 0) is 16.0 Å². The summed E-state index contributed by atoms with van der Waals surface area (Å²) in [6.45, 7) is 3.03. The molecule has 1 aliphatic carbocycles. The predicted molar refractivity (Wildman–Crippen MR) is 105 cm³/mol. The average molecular weight is 373 g/mol. The molecule has 2 aliphatic heterocycles. The molecule has 5 heteroatoms. The number of amides is 1. The Balaban J connectivity index is 1.38. The Morgan fingerprint density at radius 3 is 2.96 bits per heavy atom. The first-order valence-corrected chi connectivity index (χ1v) is 10.5. The zero-order valence-corrected chi connectivity index (χ0v) is 16.4. The molecule has 0 bridgehead atoms. The van der Waals surface area contributed by atoms with Crippen LogP contribution in [0.25, 0.3) is 0 Å². The second kappa shape index (κ2) is 8.61. The molecule has 1 amide bonds. The average Bonchev–Trinajstić information content (AvgIpc) is 3.14. The topological polar surface area (TPSA) is 42.0 Å². The number of rotatable bonds is 5. The maximum Gasteiger partial charge on any atom is 0.237 e. The van der Waals surface area contributed by atoms with Crippen LogP contribution in [0.15, 0.2) is 24.3 Å². The molecule has 148 valence electrons. The Hall–Kier alpha value is -1.59. The number of likely N-dealkylation sites (tertiary alicyclic amines) is 1. The molecular formula is C22H32N2O3. The van der Waals surface area contributed by atoms with Gasteiger partial charge in [0.15, 0.2) is 0 Å². The van der Waals surface area contributed by atoms with Crippen LogP contribution in [0.2, 0.25) is 0 Å². The molecule has 27 heavy (non-hydrogen) atoms. The van der Waals surface area contributed by atoms with Crippen molar-refractivity contribution in [2.75, 3.05) is 33.4 Å². The quantitative estimate of drug-likeness (QED) is 0.797. The van der Waals surface area contributed by atoms with Gasteiger partial charge in [-0.3, -0.25) is 9.69 Å². The van der Waals surface area contributed by atoms with Crippen LogP contribution in [0, 0.1) is 0 Å². The lowest BCUT2D eigenvalue weighted by atomic mass is 9.90. The van der Waals surface area contributed by atoms with Crippen LogP contribution in [0.5, 0.6) is 5.75 Å². The standard InChI is InChI=1S/C22H32N2O3/c1-26-19-8-4-6-17(15-19)14-18-7-5-11-23(18)16-22(25)24-12-13-27-21-10-3-2-9-20(21)24/h4,6,8,15,18,20-21H,2-3,5,7,9-14,16H2,1H3. The maximum absolute atomic E-state index is 13.1. The second-order valence-electron chi connectivity index (χ2n) is 8.17. The molecule has 1 aromatic carbocycles. The van der Waals surface area contributed by atoms with Crippen LogP contribution in [0.1, 0.15) is 44.1 Å². The first-order valence-electron chi connectivity index (χ1n) is 10.5. The van der Waals surface area contributed by atoms with E-state index >= 15 is 0 Å². The fraction of sp³-hybridized carbons (Fsp3) is 0.682. The van der Waals surface area contributed by atoms with Gasteiger partial charge in [-0.25, -0.2) is 0 Å². The molecule has 5 nitrogen and oxygen atoms in total. The molecule has 3 unspecified atom stereocenters. The first-order chi connectivity index (χ1) is 13.2. The summed E-state index contributed by atoms with van der Waals surface area (Å²) in [6.07, 6.45) is 8.26. The summed E-state index contributed by atoms with van der Waals surface area (Å²) in [5.41, 5.74) is 1.29. The normalized spacial score (nSPS) is 28.8. The molecular weight excluding hydrogens is 340 g/mol.